The standard InChI is InChI=1S/C19H26N4O2S/c1-3-4-5-8-12-22-16-10-7-6-9-15(16)21-19(22)26-14(2)17(24)23-13-11-20-18(23)25/h6-7,9-10,14H,3-5,8,11-13H2,1-2H3,(H,20,25)/t14-/m1/s1. The van der Waals surface area contributed by atoms with E-state index >= 15 is 0 Å². The van der Waals surface area contributed by atoms with Gasteiger partial charge in [-0.1, -0.05) is 50.1 Å². The number of carbonyl (C=O) groups excluding carboxylic acids is 2. The molecule has 7 heteroatoms. The average Bonchev–Trinajstić information content (AvgIpc) is 3.21. The molecule has 1 aromatic carbocycles. The van der Waals surface area contributed by atoms with Crippen molar-refractivity contribution < 1.29 is 9.59 Å². The Morgan fingerprint density at radius 3 is 2.85 bits per heavy atom. The zero-order chi connectivity index (χ0) is 18.5. The van der Waals surface area contributed by atoms with Crippen molar-refractivity contribution in [2.24, 2.45) is 0 Å². The zero-order valence-electron chi connectivity index (χ0n) is 15.4. The molecule has 0 spiro atoms. The van der Waals surface area contributed by atoms with Crippen LogP contribution in [0.2, 0.25) is 0 Å². The molecule has 1 aliphatic heterocycles. The second kappa shape index (κ2) is 8.58. The number of nitrogens with zero attached hydrogens (tertiary/aromatic N) is 3. The number of aryl methyl sites for hydroxylation is 1. The molecule has 3 amide bonds. The molecule has 0 bridgehead atoms. The fourth-order valence-electron chi connectivity index (χ4n) is 3.17. The van der Waals surface area contributed by atoms with Crippen molar-refractivity contribution in [2.45, 2.75) is 56.5 Å². The third kappa shape index (κ3) is 4.03. The van der Waals surface area contributed by atoms with Gasteiger partial charge in [0.25, 0.3) is 0 Å². The number of imide groups is 1. The summed E-state index contributed by atoms with van der Waals surface area (Å²) in [6, 6.07) is 7.78. The van der Waals surface area contributed by atoms with Crippen LogP contribution in [0, 0.1) is 0 Å². The summed E-state index contributed by atoms with van der Waals surface area (Å²) in [5.74, 6) is -0.158. The number of imidazole rings is 1. The number of unbranched alkanes of at least 4 members (excludes halogenated alkanes) is 3. The van der Waals surface area contributed by atoms with E-state index in [4.69, 9.17) is 4.98 Å². The highest BCUT2D eigenvalue weighted by Gasteiger charge is 2.31. The summed E-state index contributed by atoms with van der Waals surface area (Å²) in [6.07, 6.45) is 4.72. The minimum Gasteiger partial charge on any atom is -0.336 e. The number of urea groups is 1. The smallest absolute Gasteiger partial charge is 0.324 e. The van der Waals surface area contributed by atoms with Gasteiger partial charge in [-0.05, 0) is 25.5 Å². The van der Waals surface area contributed by atoms with E-state index in [0.29, 0.717) is 13.1 Å². The van der Waals surface area contributed by atoms with Gasteiger partial charge in [0.05, 0.1) is 16.3 Å². The van der Waals surface area contributed by atoms with Crippen LogP contribution in [0.3, 0.4) is 0 Å². The van der Waals surface area contributed by atoms with Crippen molar-refractivity contribution in [1.29, 1.82) is 0 Å². The predicted octanol–water partition coefficient (Wildman–Crippen LogP) is 3.65. The van der Waals surface area contributed by atoms with Gasteiger partial charge in [-0.15, -0.1) is 0 Å². The molecule has 2 heterocycles. The van der Waals surface area contributed by atoms with Crippen molar-refractivity contribution in [3.8, 4) is 0 Å². The number of hydrogen-bond donors (Lipinski definition) is 1. The summed E-state index contributed by atoms with van der Waals surface area (Å²) in [5.41, 5.74) is 2.05. The van der Waals surface area contributed by atoms with Crippen LogP contribution in [0.1, 0.15) is 39.5 Å². The molecule has 1 saturated heterocycles. The Balaban J connectivity index is 1.77. The van der Waals surface area contributed by atoms with Gasteiger partial charge in [-0.3, -0.25) is 9.69 Å². The average molecular weight is 375 g/mol. The minimum absolute atomic E-state index is 0.158. The summed E-state index contributed by atoms with van der Waals surface area (Å²) in [6.45, 7) is 5.91. The van der Waals surface area contributed by atoms with Crippen molar-refractivity contribution >= 4 is 34.7 Å². The topological polar surface area (TPSA) is 67.2 Å². The van der Waals surface area contributed by atoms with E-state index < -0.39 is 0 Å². The Hall–Kier alpha value is -2.02. The van der Waals surface area contributed by atoms with Crippen LogP contribution in [-0.2, 0) is 11.3 Å². The maximum absolute atomic E-state index is 12.6. The van der Waals surface area contributed by atoms with Gasteiger partial charge in [0.1, 0.15) is 0 Å². The Morgan fingerprint density at radius 2 is 2.12 bits per heavy atom. The third-order valence-corrected chi connectivity index (χ3v) is 5.69. The SMILES string of the molecule is CCCCCCn1c(S[C@H](C)C(=O)N2CCNC2=O)nc2ccccc21. The van der Waals surface area contributed by atoms with Crippen molar-refractivity contribution in [3.05, 3.63) is 24.3 Å². The van der Waals surface area contributed by atoms with Crippen LogP contribution < -0.4 is 5.32 Å². The number of benzene rings is 1. The lowest BCUT2D eigenvalue weighted by Crippen LogP contribution is -2.39. The molecule has 0 saturated carbocycles. The van der Waals surface area contributed by atoms with E-state index in [0.717, 1.165) is 29.2 Å². The van der Waals surface area contributed by atoms with Crippen molar-refractivity contribution in [1.82, 2.24) is 19.8 Å². The fraction of sp³-hybridized carbons (Fsp3) is 0.526. The fourth-order valence-corrected chi connectivity index (χ4v) is 4.18. The van der Waals surface area contributed by atoms with Crippen LogP contribution >= 0.6 is 11.8 Å². The number of para-hydroxylation sites is 2. The Kier molecular flexibility index (Phi) is 6.19. The molecular weight excluding hydrogens is 348 g/mol. The van der Waals surface area contributed by atoms with E-state index in [2.05, 4.69) is 22.9 Å². The third-order valence-electron chi connectivity index (χ3n) is 4.61. The van der Waals surface area contributed by atoms with Crippen LogP contribution in [0.5, 0.6) is 0 Å². The van der Waals surface area contributed by atoms with E-state index in [9.17, 15) is 9.59 Å². The first kappa shape index (κ1) is 18.8. The lowest BCUT2D eigenvalue weighted by molar-refractivity contribution is -0.126. The minimum atomic E-state index is -0.356. The first-order chi connectivity index (χ1) is 12.6. The molecule has 3 rings (SSSR count). The number of carbonyl (C=O) groups is 2. The number of thioether (sulfide) groups is 1. The molecule has 1 fully saturated rings. The molecular formula is C19H26N4O2S. The first-order valence-corrected chi connectivity index (χ1v) is 10.2. The van der Waals surface area contributed by atoms with Gasteiger partial charge >= 0.3 is 6.03 Å². The largest absolute Gasteiger partial charge is 0.336 e. The first-order valence-electron chi connectivity index (χ1n) is 9.33. The van der Waals surface area contributed by atoms with E-state index in [1.807, 2.05) is 25.1 Å². The highest BCUT2D eigenvalue weighted by atomic mass is 32.2. The molecule has 0 unspecified atom stereocenters. The molecule has 6 nitrogen and oxygen atoms in total. The quantitative estimate of drug-likeness (QED) is 0.566. The molecule has 1 atom stereocenters. The van der Waals surface area contributed by atoms with E-state index in [1.54, 1.807) is 0 Å². The second-order valence-electron chi connectivity index (χ2n) is 6.58. The molecule has 0 aliphatic carbocycles. The van der Waals surface area contributed by atoms with Gasteiger partial charge in [0.2, 0.25) is 5.91 Å². The molecule has 0 radical (unpaired) electrons. The van der Waals surface area contributed by atoms with Crippen LogP contribution in [-0.4, -0.2) is 44.7 Å². The maximum atomic E-state index is 12.6. The molecule has 140 valence electrons. The zero-order valence-corrected chi connectivity index (χ0v) is 16.2. The second-order valence-corrected chi connectivity index (χ2v) is 7.89. The van der Waals surface area contributed by atoms with E-state index in [1.165, 1.54) is 35.9 Å². The highest BCUT2D eigenvalue weighted by Crippen LogP contribution is 2.29. The van der Waals surface area contributed by atoms with E-state index in [-0.39, 0.29) is 17.2 Å². The number of fused-ring (bicyclic) bond motifs is 1. The molecule has 1 N–H and O–H groups in total. The monoisotopic (exact) mass is 374 g/mol. The van der Waals surface area contributed by atoms with Gasteiger partial charge in [-0.25, -0.2) is 9.78 Å². The number of nitrogens with one attached hydrogen (secondary N) is 1. The van der Waals surface area contributed by atoms with Crippen LogP contribution in [0.15, 0.2) is 29.4 Å². The number of aromatic nitrogens is 2. The lowest BCUT2D eigenvalue weighted by atomic mass is 10.2. The number of hydrogen-bond acceptors (Lipinski definition) is 4. The number of amides is 3. The highest BCUT2D eigenvalue weighted by molar-refractivity contribution is 8.00. The normalized spacial score (nSPS) is 15.5. The predicted molar refractivity (Wildman–Crippen MR) is 104 cm³/mol. The van der Waals surface area contributed by atoms with Crippen molar-refractivity contribution in [3.63, 3.8) is 0 Å². The van der Waals surface area contributed by atoms with Crippen molar-refractivity contribution in [2.75, 3.05) is 13.1 Å². The Labute approximate surface area is 158 Å². The van der Waals surface area contributed by atoms with Gasteiger partial charge in [0, 0.05) is 19.6 Å². The molecule has 26 heavy (non-hydrogen) atoms. The Morgan fingerprint density at radius 1 is 1.31 bits per heavy atom. The lowest BCUT2D eigenvalue weighted by Gasteiger charge is -2.17. The number of rotatable bonds is 8. The van der Waals surface area contributed by atoms with Gasteiger partial charge < -0.3 is 9.88 Å². The summed E-state index contributed by atoms with van der Waals surface area (Å²) in [4.78, 5) is 30.4. The summed E-state index contributed by atoms with van der Waals surface area (Å²) in [5, 5.41) is 3.17. The molecule has 1 aliphatic rings. The van der Waals surface area contributed by atoms with Crippen LogP contribution in [0.25, 0.3) is 11.0 Å². The summed E-state index contributed by atoms with van der Waals surface area (Å²) >= 11 is 1.44. The summed E-state index contributed by atoms with van der Waals surface area (Å²) < 4.78 is 2.21. The molecule has 1 aromatic heterocycles. The van der Waals surface area contributed by atoms with Crippen LogP contribution in [0.4, 0.5) is 4.79 Å². The van der Waals surface area contributed by atoms with Gasteiger partial charge in [0.15, 0.2) is 5.16 Å². The van der Waals surface area contributed by atoms with Gasteiger partial charge in [-0.2, -0.15) is 0 Å². The summed E-state index contributed by atoms with van der Waals surface area (Å²) in [7, 11) is 0. The maximum Gasteiger partial charge on any atom is 0.324 e. The Bertz CT molecular complexity index is 789. The molecule has 2 aromatic rings.